The molecule has 2 N–H and O–H groups in total. The van der Waals surface area contributed by atoms with Gasteiger partial charge in [0.05, 0.1) is 5.25 Å². The average Bonchev–Trinajstić information content (AvgIpc) is 2.06. The molecule has 0 aromatic rings. The van der Waals surface area contributed by atoms with Crippen molar-refractivity contribution in [2.75, 3.05) is 20.1 Å². The third kappa shape index (κ3) is 2.41. The van der Waals surface area contributed by atoms with Crippen molar-refractivity contribution in [3.63, 3.8) is 0 Å². The third-order valence-electron chi connectivity index (χ3n) is 1.89. The summed E-state index contributed by atoms with van der Waals surface area (Å²) in [6.45, 7) is 1.49. The molecule has 1 rings (SSSR count). The van der Waals surface area contributed by atoms with Crippen LogP contribution in [0.2, 0.25) is 0 Å². The first kappa shape index (κ1) is 9.91. The fourth-order valence-electron chi connectivity index (χ4n) is 1.27. The summed E-state index contributed by atoms with van der Waals surface area (Å²) in [4.78, 5) is 0. The minimum Gasteiger partial charge on any atom is -0.317 e. The maximum absolute atomic E-state index is 11.3. The third-order valence-corrected chi connectivity index (χ3v) is 3.58. The minimum atomic E-state index is -3.38. The van der Waals surface area contributed by atoms with Gasteiger partial charge in [-0.3, -0.25) is 0 Å². The molecule has 1 aliphatic rings. The highest BCUT2D eigenvalue weighted by Crippen LogP contribution is 2.13. The van der Waals surface area contributed by atoms with Crippen LogP contribution in [-0.4, -0.2) is 33.8 Å². The Morgan fingerprint density at radius 1 is 1.42 bits per heavy atom. The van der Waals surface area contributed by atoms with Crippen LogP contribution in [0.15, 0.2) is 0 Å². The first-order valence-corrected chi connectivity index (χ1v) is 5.43. The lowest BCUT2D eigenvalue weighted by molar-refractivity contribution is 0.223. The molecule has 0 aliphatic carbocycles. The minimum absolute atomic E-state index is 0.355. The molecule has 1 saturated heterocycles. The normalized spacial score (nSPS) is 21.1. The van der Waals surface area contributed by atoms with Crippen LogP contribution >= 0.6 is 0 Å². The van der Waals surface area contributed by atoms with E-state index in [0.29, 0.717) is 12.8 Å². The van der Waals surface area contributed by atoms with Crippen molar-refractivity contribution in [2.45, 2.75) is 18.1 Å². The van der Waals surface area contributed by atoms with Gasteiger partial charge in [-0.15, -0.1) is 0 Å². The van der Waals surface area contributed by atoms with E-state index in [2.05, 4.69) is 15.1 Å². The Morgan fingerprint density at radius 3 is 2.50 bits per heavy atom. The SMILES string of the molecule is CNOS(=O)(=O)C1CCNCC1. The molecule has 0 aromatic carbocycles. The number of hydroxylamine groups is 1. The van der Waals surface area contributed by atoms with Gasteiger partial charge in [0, 0.05) is 7.05 Å². The molecular weight excluding hydrogens is 180 g/mol. The predicted molar refractivity (Wildman–Crippen MR) is 45.0 cm³/mol. The zero-order valence-electron chi connectivity index (χ0n) is 7.04. The molecule has 5 nitrogen and oxygen atoms in total. The maximum Gasteiger partial charge on any atom is 0.286 e. The van der Waals surface area contributed by atoms with Crippen molar-refractivity contribution in [3.05, 3.63) is 0 Å². The molecule has 72 valence electrons. The van der Waals surface area contributed by atoms with E-state index in [0.717, 1.165) is 13.1 Å². The van der Waals surface area contributed by atoms with Crippen molar-refractivity contribution >= 4 is 10.1 Å². The molecule has 1 aliphatic heterocycles. The Kier molecular flexibility index (Phi) is 3.45. The summed E-state index contributed by atoms with van der Waals surface area (Å²) in [5.41, 5.74) is 2.20. The zero-order valence-corrected chi connectivity index (χ0v) is 7.86. The van der Waals surface area contributed by atoms with E-state index in [4.69, 9.17) is 0 Å². The standard InChI is InChI=1S/C6H14N2O3S/c1-7-11-12(9,10)6-2-4-8-5-3-6/h6-8H,2-5H2,1H3. The summed E-state index contributed by atoms with van der Waals surface area (Å²) in [6, 6.07) is 0. The van der Waals surface area contributed by atoms with Crippen molar-refractivity contribution < 1.29 is 12.7 Å². The van der Waals surface area contributed by atoms with Crippen LogP contribution in [0.5, 0.6) is 0 Å². The highest BCUT2D eigenvalue weighted by Gasteiger charge is 2.27. The maximum atomic E-state index is 11.3. The number of rotatable bonds is 3. The monoisotopic (exact) mass is 194 g/mol. The number of nitrogens with one attached hydrogen (secondary N) is 2. The number of hydrogen-bond acceptors (Lipinski definition) is 5. The molecular formula is C6H14N2O3S. The van der Waals surface area contributed by atoms with Crippen LogP contribution in [0.1, 0.15) is 12.8 Å². The molecule has 0 saturated carbocycles. The van der Waals surface area contributed by atoms with Gasteiger partial charge >= 0.3 is 0 Å². The molecule has 0 unspecified atom stereocenters. The van der Waals surface area contributed by atoms with Gasteiger partial charge in [-0.25, -0.2) is 0 Å². The van der Waals surface area contributed by atoms with Crippen molar-refractivity contribution in [3.8, 4) is 0 Å². The summed E-state index contributed by atoms with van der Waals surface area (Å²) in [5, 5.41) is 2.73. The topological polar surface area (TPSA) is 67.4 Å². The van der Waals surface area contributed by atoms with Gasteiger partial charge in [0.1, 0.15) is 0 Å². The fraction of sp³-hybridized carbons (Fsp3) is 1.00. The Bertz CT molecular complexity index is 221. The van der Waals surface area contributed by atoms with E-state index < -0.39 is 10.1 Å². The summed E-state index contributed by atoms with van der Waals surface area (Å²) < 4.78 is 27.0. The van der Waals surface area contributed by atoms with Gasteiger partial charge in [0.25, 0.3) is 10.1 Å². The lowest BCUT2D eigenvalue weighted by Crippen LogP contribution is -2.37. The van der Waals surface area contributed by atoms with E-state index in [-0.39, 0.29) is 5.25 Å². The van der Waals surface area contributed by atoms with E-state index in [9.17, 15) is 8.42 Å². The highest BCUT2D eigenvalue weighted by atomic mass is 32.2. The summed E-state index contributed by atoms with van der Waals surface area (Å²) in [6.07, 6.45) is 1.26. The van der Waals surface area contributed by atoms with E-state index in [1.165, 1.54) is 7.05 Å². The zero-order chi connectivity index (χ0) is 9.03. The van der Waals surface area contributed by atoms with Crippen LogP contribution in [0.4, 0.5) is 0 Å². The molecule has 0 atom stereocenters. The predicted octanol–water partition coefficient (Wildman–Crippen LogP) is -0.781. The van der Waals surface area contributed by atoms with Gasteiger partial charge in [-0.2, -0.15) is 18.2 Å². The first-order chi connectivity index (χ1) is 5.67. The largest absolute Gasteiger partial charge is 0.317 e. The second kappa shape index (κ2) is 4.18. The Morgan fingerprint density at radius 2 is 2.00 bits per heavy atom. The van der Waals surface area contributed by atoms with Crippen LogP contribution < -0.4 is 10.8 Å². The van der Waals surface area contributed by atoms with Gasteiger partial charge in [0.15, 0.2) is 0 Å². The molecule has 0 radical (unpaired) electrons. The highest BCUT2D eigenvalue weighted by molar-refractivity contribution is 7.87. The van der Waals surface area contributed by atoms with E-state index in [1.54, 1.807) is 0 Å². The summed E-state index contributed by atoms with van der Waals surface area (Å²) in [7, 11) is -1.94. The molecule has 1 heterocycles. The number of piperidine rings is 1. The van der Waals surface area contributed by atoms with Gasteiger partial charge in [-0.1, -0.05) is 0 Å². The second-order valence-electron chi connectivity index (χ2n) is 2.73. The molecule has 0 spiro atoms. The average molecular weight is 194 g/mol. The molecule has 0 amide bonds. The molecule has 0 bridgehead atoms. The molecule has 6 heteroatoms. The lowest BCUT2D eigenvalue weighted by Gasteiger charge is -2.21. The first-order valence-electron chi connectivity index (χ1n) is 3.96. The Hall–Kier alpha value is -0.170. The summed E-state index contributed by atoms with van der Waals surface area (Å²) >= 11 is 0. The smallest absolute Gasteiger partial charge is 0.286 e. The lowest BCUT2D eigenvalue weighted by atomic mass is 10.2. The Labute approximate surface area is 72.6 Å². The molecule has 0 aromatic heterocycles. The van der Waals surface area contributed by atoms with Gasteiger partial charge in [-0.05, 0) is 25.9 Å². The number of hydrogen-bond donors (Lipinski definition) is 2. The van der Waals surface area contributed by atoms with Crippen molar-refractivity contribution in [1.29, 1.82) is 0 Å². The summed E-state index contributed by atoms with van der Waals surface area (Å²) in [5.74, 6) is 0. The Balaban J connectivity index is 2.54. The van der Waals surface area contributed by atoms with Gasteiger partial charge in [0.2, 0.25) is 0 Å². The van der Waals surface area contributed by atoms with Crippen LogP contribution in [0.25, 0.3) is 0 Å². The van der Waals surface area contributed by atoms with Crippen molar-refractivity contribution in [2.24, 2.45) is 0 Å². The molecule has 1 fully saturated rings. The van der Waals surface area contributed by atoms with Crippen LogP contribution in [-0.2, 0) is 14.4 Å². The van der Waals surface area contributed by atoms with E-state index in [1.807, 2.05) is 0 Å². The molecule has 12 heavy (non-hydrogen) atoms. The van der Waals surface area contributed by atoms with Crippen molar-refractivity contribution in [1.82, 2.24) is 10.8 Å². The quantitative estimate of drug-likeness (QED) is 0.577. The van der Waals surface area contributed by atoms with Crippen LogP contribution in [0.3, 0.4) is 0 Å². The van der Waals surface area contributed by atoms with E-state index >= 15 is 0 Å². The second-order valence-corrected chi connectivity index (χ2v) is 4.55. The fourth-order valence-corrected chi connectivity index (χ4v) is 2.45. The van der Waals surface area contributed by atoms with Crippen LogP contribution in [0, 0.1) is 0 Å². The van der Waals surface area contributed by atoms with Gasteiger partial charge < -0.3 is 5.32 Å².